The largest absolute Gasteiger partial charge is 0.409 e. The van der Waals surface area contributed by atoms with E-state index in [1.54, 1.807) is 4.31 Å². The molecule has 0 aliphatic carbocycles. The summed E-state index contributed by atoms with van der Waals surface area (Å²) in [6, 6.07) is -0.00592. The first-order chi connectivity index (χ1) is 9.41. The number of hydrogen-bond donors (Lipinski definition) is 2. The van der Waals surface area contributed by atoms with Gasteiger partial charge in [-0.1, -0.05) is 5.16 Å². The van der Waals surface area contributed by atoms with Crippen LogP contribution in [0.1, 0.15) is 25.7 Å². The maximum atomic E-state index is 11.6. The van der Waals surface area contributed by atoms with Crippen LogP contribution in [0.3, 0.4) is 0 Å². The molecule has 2 heterocycles. The topological polar surface area (TPSA) is 99.2 Å². The van der Waals surface area contributed by atoms with Gasteiger partial charge in [0, 0.05) is 19.6 Å². The van der Waals surface area contributed by atoms with Crippen molar-refractivity contribution < 1.29 is 13.6 Å². The molecule has 20 heavy (non-hydrogen) atoms. The maximum absolute atomic E-state index is 11.6. The van der Waals surface area contributed by atoms with Crippen LogP contribution in [-0.2, 0) is 10.0 Å². The Bertz CT molecular complexity index is 465. The standard InChI is InChI=1S/C12H24N4O3S/c1-20(18,19)16-7-2-4-10(9-16)8-15-6-3-5-11(15)12(13)14-17/h10-11,17H,2-9H2,1H3,(H2,13,14). The Morgan fingerprint density at radius 2 is 2.05 bits per heavy atom. The third-order valence-electron chi connectivity index (χ3n) is 4.26. The molecule has 0 aromatic heterocycles. The highest BCUT2D eigenvalue weighted by atomic mass is 32.2. The molecule has 116 valence electrons. The predicted molar refractivity (Wildman–Crippen MR) is 77.1 cm³/mol. The van der Waals surface area contributed by atoms with Gasteiger partial charge >= 0.3 is 0 Å². The lowest BCUT2D eigenvalue weighted by molar-refractivity contribution is 0.185. The second-order valence-corrected chi connectivity index (χ2v) is 7.79. The Labute approximate surface area is 120 Å². The zero-order valence-corrected chi connectivity index (χ0v) is 12.7. The number of piperidine rings is 1. The van der Waals surface area contributed by atoms with Gasteiger partial charge in [0.25, 0.3) is 0 Å². The van der Waals surface area contributed by atoms with Gasteiger partial charge in [0.1, 0.15) is 0 Å². The van der Waals surface area contributed by atoms with Crippen molar-refractivity contribution in [3.8, 4) is 0 Å². The SMILES string of the molecule is CS(=O)(=O)N1CCCC(CN2CCCC2C(N)=NO)C1. The second-order valence-electron chi connectivity index (χ2n) is 5.81. The lowest BCUT2D eigenvalue weighted by Gasteiger charge is -2.34. The third kappa shape index (κ3) is 3.62. The van der Waals surface area contributed by atoms with E-state index in [4.69, 9.17) is 10.9 Å². The van der Waals surface area contributed by atoms with Crippen LogP contribution in [0.5, 0.6) is 0 Å². The lowest BCUT2D eigenvalue weighted by Crippen LogP contribution is -2.47. The number of likely N-dealkylation sites (tertiary alicyclic amines) is 1. The van der Waals surface area contributed by atoms with Gasteiger partial charge in [0.2, 0.25) is 10.0 Å². The molecule has 0 bridgehead atoms. The minimum absolute atomic E-state index is 0.00592. The summed E-state index contributed by atoms with van der Waals surface area (Å²) in [5.41, 5.74) is 5.72. The Kier molecular flexibility index (Phi) is 4.87. The van der Waals surface area contributed by atoms with Crippen molar-refractivity contribution >= 4 is 15.9 Å². The molecule has 2 rings (SSSR count). The number of rotatable bonds is 4. The fourth-order valence-corrected chi connectivity index (χ4v) is 4.20. The Morgan fingerprint density at radius 3 is 2.70 bits per heavy atom. The van der Waals surface area contributed by atoms with E-state index in [0.29, 0.717) is 19.0 Å². The molecule has 0 aromatic rings. The average molecular weight is 304 g/mol. The van der Waals surface area contributed by atoms with Crippen molar-refractivity contribution in [1.29, 1.82) is 0 Å². The third-order valence-corrected chi connectivity index (χ3v) is 5.53. The predicted octanol–water partition coefficient (Wildman–Crippen LogP) is -0.131. The number of nitrogens with two attached hydrogens (primary N) is 1. The summed E-state index contributed by atoms with van der Waals surface area (Å²) in [6.45, 7) is 2.94. The number of hydrogen-bond acceptors (Lipinski definition) is 5. The van der Waals surface area contributed by atoms with Crippen molar-refractivity contribution in [2.75, 3.05) is 32.4 Å². The van der Waals surface area contributed by atoms with Crippen LogP contribution in [0.4, 0.5) is 0 Å². The number of sulfonamides is 1. The Balaban J connectivity index is 1.96. The summed E-state index contributed by atoms with van der Waals surface area (Å²) in [4.78, 5) is 2.21. The van der Waals surface area contributed by atoms with Crippen molar-refractivity contribution in [2.45, 2.75) is 31.7 Å². The normalized spacial score (nSPS) is 30.8. The van der Waals surface area contributed by atoms with Gasteiger partial charge in [-0.15, -0.1) is 0 Å². The first-order valence-corrected chi connectivity index (χ1v) is 8.93. The first-order valence-electron chi connectivity index (χ1n) is 7.08. The van der Waals surface area contributed by atoms with E-state index < -0.39 is 10.0 Å². The van der Waals surface area contributed by atoms with Gasteiger partial charge in [-0.3, -0.25) is 4.90 Å². The highest BCUT2D eigenvalue weighted by molar-refractivity contribution is 7.88. The van der Waals surface area contributed by atoms with E-state index in [-0.39, 0.29) is 11.9 Å². The molecule has 0 spiro atoms. The molecule has 2 atom stereocenters. The Morgan fingerprint density at radius 1 is 1.35 bits per heavy atom. The number of amidine groups is 1. The monoisotopic (exact) mass is 304 g/mol. The van der Waals surface area contributed by atoms with Gasteiger partial charge in [-0.25, -0.2) is 12.7 Å². The molecular formula is C12H24N4O3S. The van der Waals surface area contributed by atoms with Crippen molar-refractivity contribution in [2.24, 2.45) is 16.8 Å². The molecule has 3 N–H and O–H groups in total. The van der Waals surface area contributed by atoms with E-state index >= 15 is 0 Å². The van der Waals surface area contributed by atoms with Gasteiger partial charge in [-0.2, -0.15) is 0 Å². The van der Waals surface area contributed by atoms with E-state index in [2.05, 4.69) is 10.1 Å². The number of nitrogens with zero attached hydrogens (tertiary/aromatic N) is 3. The summed E-state index contributed by atoms with van der Waals surface area (Å²) in [5, 5.41) is 11.9. The molecule has 0 amide bonds. The quantitative estimate of drug-likeness (QED) is 0.326. The maximum Gasteiger partial charge on any atom is 0.211 e. The van der Waals surface area contributed by atoms with E-state index in [9.17, 15) is 8.42 Å². The highest BCUT2D eigenvalue weighted by Gasteiger charge is 2.32. The fourth-order valence-electron chi connectivity index (χ4n) is 3.26. The Hall–Kier alpha value is -0.860. The van der Waals surface area contributed by atoms with Crippen LogP contribution >= 0.6 is 0 Å². The smallest absolute Gasteiger partial charge is 0.211 e. The van der Waals surface area contributed by atoms with Crippen LogP contribution in [0.15, 0.2) is 5.16 Å². The molecular weight excluding hydrogens is 280 g/mol. The lowest BCUT2D eigenvalue weighted by atomic mass is 9.98. The van der Waals surface area contributed by atoms with Gasteiger partial charge in [0.15, 0.2) is 5.84 Å². The van der Waals surface area contributed by atoms with Crippen molar-refractivity contribution in [3.05, 3.63) is 0 Å². The summed E-state index contributed by atoms with van der Waals surface area (Å²) >= 11 is 0. The zero-order chi connectivity index (χ0) is 14.8. The first kappa shape index (κ1) is 15.5. The van der Waals surface area contributed by atoms with Crippen molar-refractivity contribution in [3.63, 3.8) is 0 Å². The van der Waals surface area contributed by atoms with Crippen LogP contribution in [0.2, 0.25) is 0 Å². The van der Waals surface area contributed by atoms with Gasteiger partial charge in [-0.05, 0) is 38.1 Å². The molecule has 2 fully saturated rings. The molecule has 0 aromatic carbocycles. The molecule has 7 nitrogen and oxygen atoms in total. The highest BCUT2D eigenvalue weighted by Crippen LogP contribution is 2.24. The van der Waals surface area contributed by atoms with Crippen LogP contribution in [0, 0.1) is 5.92 Å². The summed E-state index contributed by atoms with van der Waals surface area (Å²) in [6.07, 6.45) is 5.14. The molecule has 0 radical (unpaired) electrons. The molecule has 2 unspecified atom stereocenters. The van der Waals surface area contributed by atoms with E-state index in [0.717, 1.165) is 38.8 Å². The molecule has 2 saturated heterocycles. The van der Waals surface area contributed by atoms with Crippen molar-refractivity contribution in [1.82, 2.24) is 9.21 Å². The molecule has 0 saturated carbocycles. The summed E-state index contributed by atoms with van der Waals surface area (Å²) in [7, 11) is -3.10. The summed E-state index contributed by atoms with van der Waals surface area (Å²) < 4.78 is 24.8. The molecule has 2 aliphatic rings. The van der Waals surface area contributed by atoms with E-state index in [1.807, 2.05) is 0 Å². The minimum atomic E-state index is -3.10. The van der Waals surface area contributed by atoms with Crippen LogP contribution in [0.25, 0.3) is 0 Å². The molecule has 2 aliphatic heterocycles. The van der Waals surface area contributed by atoms with Gasteiger partial charge in [0.05, 0.1) is 12.3 Å². The molecule has 8 heteroatoms. The van der Waals surface area contributed by atoms with Crippen LogP contribution in [-0.4, -0.2) is 67.1 Å². The average Bonchev–Trinajstić information content (AvgIpc) is 2.85. The minimum Gasteiger partial charge on any atom is -0.409 e. The van der Waals surface area contributed by atoms with Gasteiger partial charge < -0.3 is 10.9 Å². The second kappa shape index (κ2) is 6.28. The van der Waals surface area contributed by atoms with E-state index in [1.165, 1.54) is 6.26 Å². The van der Waals surface area contributed by atoms with Crippen LogP contribution < -0.4 is 5.73 Å². The summed E-state index contributed by atoms with van der Waals surface area (Å²) in [5.74, 6) is 0.587. The zero-order valence-electron chi connectivity index (χ0n) is 11.9. The number of oxime groups is 1. The fraction of sp³-hybridized carbons (Fsp3) is 0.917.